The lowest BCUT2D eigenvalue weighted by Gasteiger charge is -2.45. The molecule has 0 bridgehead atoms. The van der Waals surface area contributed by atoms with Crippen LogP contribution in [0.3, 0.4) is 0 Å². The molecule has 0 aliphatic carbocycles. The summed E-state index contributed by atoms with van der Waals surface area (Å²) in [5.74, 6) is -1.97. The van der Waals surface area contributed by atoms with Crippen LogP contribution in [-0.2, 0) is 41.8 Å². The summed E-state index contributed by atoms with van der Waals surface area (Å²) in [6.45, 7) is 19.6. The molecule has 0 saturated carbocycles. The first-order chi connectivity index (χ1) is 28.9. The van der Waals surface area contributed by atoms with E-state index >= 15 is 0 Å². The number of aromatic nitrogens is 3. The molecule has 2 aromatic rings. The zero-order valence-electron chi connectivity index (χ0n) is 39.2. The van der Waals surface area contributed by atoms with E-state index in [1.54, 1.807) is 70.5 Å². The highest BCUT2D eigenvalue weighted by atomic mass is 32.2. The van der Waals surface area contributed by atoms with E-state index in [1.165, 1.54) is 6.92 Å². The number of carbonyl (C=O) groups excluding carboxylic acids is 1. The Labute approximate surface area is 370 Å². The fraction of sp³-hybridized carbons (Fsp3) is 0.800. The van der Waals surface area contributed by atoms with E-state index in [1.807, 2.05) is 38.9 Å². The van der Waals surface area contributed by atoms with Gasteiger partial charge in [-0.25, -0.2) is 8.42 Å². The highest BCUT2D eigenvalue weighted by molar-refractivity contribution is 7.92. The van der Waals surface area contributed by atoms with Gasteiger partial charge in [-0.1, -0.05) is 26.0 Å². The van der Waals surface area contributed by atoms with Gasteiger partial charge in [-0.2, -0.15) is 0 Å². The molecule has 0 spiro atoms. The molecule has 0 unspecified atom stereocenters. The predicted octanol–water partition coefficient (Wildman–Crippen LogP) is 3.86. The molecular formula is C45H77N5O11S. The fourth-order valence-corrected chi connectivity index (χ4v) is 10.1. The summed E-state index contributed by atoms with van der Waals surface area (Å²) in [6, 6.07) is 6.07. The van der Waals surface area contributed by atoms with Crippen molar-refractivity contribution >= 4 is 15.8 Å². The van der Waals surface area contributed by atoms with Crippen LogP contribution in [0.25, 0.3) is 0 Å². The topological polar surface area (TPSA) is 206 Å². The van der Waals surface area contributed by atoms with Crippen molar-refractivity contribution in [2.45, 2.75) is 185 Å². The first kappa shape index (κ1) is 51.9. The van der Waals surface area contributed by atoms with E-state index in [0.29, 0.717) is 51.3 Å². The van der Waals surface area contributed by atoms with Gasteiger partial charge in [-0.3, -0.25) is 9.48 Å². The van der Waals surface area contributed by atoms with Gasteiger partial charge in [0.1, 0.15) is 23.6 Å². The van der Waals surface area contributed by atoms with Crippen LogP contribution in [0.4, 0.5) is 0 Å². The molecular weight excluding hydrogens is 819 g/mol. The van der Waals surface area contributed by atoms with Crippen molar-refractivity contribution in [3.63, 3.8) is 0 Å². The Balaban J connectivity index is 1.38. The molecule has 3 heterocycles. The van der Waals surface area contributed by atoms with Crippen LogP contribution in [0.2, 0.25) is 0 Å². The second kappa shape index (κ2) is 22.0. The Morgan fingerprint density at radius 2 is 1.71 bits per heavy atom. The van der Waals surface area contributed by atoms with Gasteiger partial charge in [-0.05, 0) is 112 Å². The second-order valence-electron chi connectivity index (χ2n) is 19.0. The number of rotatable bonds is 14. The van der Waals surface area contributed by atoms with Crippen LogP contribution in [0, 0.1) is 17.8 Å². The van der Waals surface area contributed by atoms with Crippen LogP contribution in [0.15, 0.2) is 35.4 Å². The molecule has 1 aromatic heterocycles. The summed E-state index contributed by atoms with van der Waals surface area (Å²) in [7, 11) is 0.576. The van der Waals surface area contributed by atoms with Crippen molar-refractivity contribution < 1.29 is 52.6 Å². The van der Waals surface area contributed by atoms with E-state index in [0.717, 1.165) is 12.1 Å². The molecule has 1 aromatic carbocycles. The number of likely N-dealkylation sites (N-methyl/N-ethyl adjacent to an activating group) is 2. The summed E-state index contributed by atoms with van der Waals surface area (Å²) in [5, 5.41) is 55.0. The number of ether oxygens (including phenoxy) is 4. The number of nitrogens with zero attached hydrogens (tertiary/aromatic N) is 5. The zero-order chi connectivity index (χ0) is 46.3. The molecule has 13 atom stereocenters. The van der Waals surface area contributed by atoms with Gasteiger partial charge in [-0.15, -0.1) is 5.10 Å². The van der Waals surface area contributed by atoms with Gasteiger partial charge in [0, 0.05) is 63.1 Å². The lowest BCUT2D eigenvalue weighted by molar-refractivity contribution is -0.267. The van der Waals surface area contributed by atoms with Crippen molar-refractivity contribution in [1.82, 2.24) is 24.8 Å². The lowest BCUT2D eigenvalue weighted by Crippen LogP contribution is -2.59. The Hall–Kier alpha value is -2.74. The Morgan fingerprint density at radius 1 is 1.05 bits per heavy atom. The second-order valence-corrected chi connectivity index (χ2v) is 21.5. The van der Waals surface area contributed by atoms with Crippen molar-refractivity contribution in [3.05, 3.63) is 36.2 Å². The molecule has 2 aliphatic rings. The minimum Gasteiger partial charge on any atom is -0.494 e. The van der Waals surface area contributed by atoms with E-state index in [9.17, 15) is 33.6 Å². The number of cyclic esters (lactones) is 1. The number of aliphatic hydroxyl groups excluding tert-OH is 2. The number of hydrogen-bond acceptors (Lipinski definition) is 15. The molecule has 0 amide bonds. The summed E-state index contributed by atoms with van der Waals surface area (Å²) in [5.41, 5.74) is -2.37. The number of aliphatic hydroxyl groups is 4. The maximum Gasteiger partial charge on any atom is 0.311 e. The van der Waals surface area contributed by atoms with Gasteiger partial charge in [0.25, 0.3) is 0 Å². The monoisotopic (exact) mass is 896 g/mol. The summed E-state index contributed by atoms with van der Waals surface area (Å²) >= 11 is 0. The van der Waals surface area contributed by atoms with Crippen LogP contribution >= 0.6 is 0 Å². The van der Waals surface area contributed by atoms with Gasteiger partial charge in [0.05, 0.1) is 52.3 Å². The van der Waals surface area contributed by atoms with Crippen molar-refractivity contribution in [2.75, 3.05) is 33.8 Å². The third-order valence-electron chi connectivity index (χ3n) is 13.2. The van der Waals surface area contributed by atoms with Crippen molar-refractivity contribution in [2.24, 2.45) is 17.8 Å². The largest absolute Gasteiger partial charge is 0.494 e. The van der Waals surface area contributed by atoms with Crippen molar-refractivity contribution in [1.29, 1.82) is 0 Å². The first-order valence-electron chi connectivity index (χ1n) is 22.5. The standard InChI is InChI=1S/C45H77N5O11S/c1-13-38-45(10,55)41(52)33(8)49(12)26-29(4)25-44(9,54)42(31(6)40(51)32(7)43(53)60-38)61-39-24-35(23-30(5)59-39)48(11)21-19-34-27-50(47-46-34)20-14-22-58-36-15-17-37(18-16-36)62(56,57)28(2)3/h15-18,27-33,35,38-42,51-52,54-55H,13-14,19-26H2,1-12H3/t29-,30-,31+,32-,33-,35+,38-,39+,40+,41-,42-,44-,45-/m1/s1. The molecule has 17 heteroatoms. The molecule has 16 nitrogen and oxygen atoms in total. The minimum atomic E-state index is -3.34. The van der Waals surface area contributed by atoms with Crippen LogP contribution in [-0.4, -0.2) is 159 Å². The van der Waals surface area contributed by atoms with Gasteiger partial charge >= 0.3 is 5.97 Å². The summed E-state index contributed by atoms with van der Waals surface area (Å²) in [4.78, 5) is 18.0. The van der Waals surface area contributed by atoms with Gasteiger partial charge < -0.3 is 49.2 Å². The Kier molecular flexibility index (Phi) is 18.4. The summed E-state index contributed by atoms with van der Waals surface area (Å²) in [6.07, 6.45) is -0.250. The molecule has 0 radical (unpaired) electrons. The molecule has 2 fully saturated rings. The maximum absolute atomic E-state index is 13.6. The normalized spacial score (nSPS) is 35.1. The number of aryl methyl sites for hydroxylation is 1. The lowest BCUT2D eigenvalue weighted by atomic mass is 9.78. The number of sulfone groups is 1. The molecule has 62 heavy (non-hydrogen) atoms. The van der Waals surface area contributed by atoms with E-state index in [-0.39, 0.29) is 35.8 Å². The average Bonchev–Trinajstić information content (AvgIpc) is 3.67. The number of benzene rings is 1. The average molecular weight is 896 g/mol. The van der Waals surface area contributed by atoms with Gasteiger partial charge in [0.15, 0.2) is 16.1 Å². The molecule has 4 rings (SSSR count). The van der Waals surface area contributed by atoms with Crippen LogP contribution < -0.4 is 4.74 Å². The zero-order valence-corrected chi connectivity index (χ0v) is 40.0. The smallest absolute Gasteiger partial charge is 0.311 e. The summed E-state index contributed by atoms with van der Waals surface area (Å²) < 4.78 is 51.3. The SMILES string of the molecule is CC[C@H]1OC(=O)[C@H](C)[C@@H](O)[C@H](C)[C@@H](O[C@H]2C[C@@H](N(C)CCc3cn(CCCOc4ccc(S(=O)(=O)C(C)C)cc4)nn3)C[C@@H](C)O2)[C@](C)(O)C[C@@H](C)CN(C)[C@H](C)[C@@H](O)[C@]1(C)O. The Bertz CT molecular complexity index is 1810. The Morgan fingerprint density at radius 3 is 2.34 bits per heavy atom. The number of hydrogen-bond donors (Lipinski definition) is 4. The maximum atomic E-state index is 13.6. The van der Waals surface area contributed by atoms with Crippen LogP contribution in [0.5, 0.6) is 5.75 Å². The van der Waals surface area contributed by atoms with Gasteiger partial charge in [0.2, 0.25) is 0 Å². The minimum absolute atomic E-state index is 0.0797. The molecule has 354 valence electrons. The number of carbonyl (C=O) groups is 1. The molecule has 2 saturated heterocycles. The first-order valence-corrected chi connectivity index (χ1v) is 24.0. The predicted molar refractivity (Wildman–Crippen MR) is 235 cm³/mol. The highest BCUT2D eigenvalue weighted by Crippen LogP contribution is 2.36. The number of esters is 1. The van der Waals surface area contributed by atoms with E-state index in [4.69, 9.17) is 18.9 Å². The third-order valence-corrected chi connectivity index (χ3v) is 15.3. The fourth-order valence-electron chi connectivity index (χ4n) is 9.07. The molecule has 4 N–H and O–H groups in total. The van der Waals surface area contributed by atoms with E-state index < -0.39 is 80.8 Å². The highest BCUT2D eigenvalue weighted by Gasteiger charge is 2.48. The van der Waals surface area contributed by atoms with E-state index in [2.05, 4.69) is 22.3 Å². The molecule has 2 aliphatic heterocycles. The van der Waals surface area contributed by atoms with Crippen LogP contribution in [0.1, 0.15) is 107 Å². The quantitative estimate of drug-likeness (QED) is 0.157. The third kappa shape index (κ3) is 13.2. The van der Waals surface area contributed by atoms with Crippen molar-refractivity contribution in [3.8, 4) is 5.75 Å².